The highest BCUT2D eigenvalue weighted by atomic mass is 16.5. The van der Waals surface area contributed by atoms with Crippen LogP contribution >= 0.6 is 0 Å². The Hall–Kier alpha value is -2.62. The fourth-order valence-corrected chi connectivity index (χ4v) is 6.74. The number of hydrogen-bond acceptors (Lipinski definition) is 4. The SMILES string of the molecule is c1ccc2c(c1)CCC2[C@H]1COC(C2(C3=N[C@@H](C4CCc5ccccc54)CO3)CCC2)=N1. The Morgan fingerprint density at radius 3 is 1.66 bits per heavy atom. The second-order valence-electron chi connectivity index (χ2n) is 10.2. The molecule has 0 saturated heterocycles. The second kappa shape index (κ2) is 7.19. The molecule has 2 unspecified atom stereocenters. The average molecular weight is 427 g/mol. The van der Waals surface area contributed by atoms with Crippen molar-refractivity contribution in [1.82, 2.24) is 0 Å². The summed E-state index contributed by atoms with van der Waals surface area (Å²) >= 11 is 0. The maximum absolute atomic E-state index is 6.32. The Morgan fingerprint density at radius 2 is 1.19 bits per heavy atom. The lowest BCUT2D eigenvalue weighted by atomic mass is 9.68. The van der Waals surface area contributed by atoms with E-state index in [1.165, 1.54) is 41.5 Å². The summed E-state index contributed by atoms with van der Waals surface area (Å²) in [5.41, 5.74) is 5.72. The summed E-state index contributed by atoms with van der Waals surface area (Å²) < 4.78 is 12.6. The summed E-state index contributed by atoms with van der Waals surface area (Å²) in [5, 5.41) is 0. The summed E-state index contributed by atoms with van der Waals surface area (Å²) in [6, 6.07) is 18.2. The lowest BCUT2D eigenvalue weighted by Crippen LogP contribution is -2.45. The van der Waals surface area contributed by atoms with Crippen LogP contribution in [0.3, 0.4) is 0 Å². The molecule has 2 aromatic rings. The van der Waals surface area contributed by atoms with Crippen LogP contribution in [0, 0.1) is 5.41 Å². The molecule has 1 saturated carbocycles. The highest BCUT2D eigenvalue weighted by molar-refractivity contribution is 6.07. The average Bonchev–Trinajstić information content (AvgIpc) is 3.58. The van der Waals surface area contributed by atoms with Crippen LogP contribution in [0.15, 0.2) is 58.5 Å². The van der Waals surface area contributed by atoms with E-state index in [2.05, 4.69) is 48.5 Å². The van der Waals surface area contributed by atoms with Gasteiger partial charge in [-0.05, 0) is 60.8 Å². The third-order valence-corrected chi connectivity index (χ3v) is 8.66. The number of benzene rings is 2. The monoisotopic (exact) mass is 426 g/mol. The molecule has 7 rings (SSSR count). The molecule has 2 heterocycles. The lowest BCUT2D eigenvalue weighted by molar-refractivity contribution is 0.192. The molecule has 0 spiro atoms. The van der Waals surface area contributed by atoms with E-state index in [1.807, 2.05) is 0 Å². The van der Waals surface area contributed by atoms with Crippen LogP contribution in [-0.2, 0) is 22.3 Å². The van der Waals surface area contributed by atoms with Gasteiger partial charge in [-0.25, -0.2) is 9.98 Å². The zero-order valence-electron chi connectivity index (χ0n) is 18.5. The number of rotatable bonds is 4. The molecule has 2 aromatic carbocycles. The molecule has 0 radical (unpaired) electrons. The quantitative estimate of drug-likeness (QED) is 0.673. The number of fused-ring (bicyclic) bond motifs is 2. The molecule has 0 bridgehead atoms. The summed E-state index contributed by atoms with van der Waals surface area (Å²) in [6.07, 6.45) is 7.97. The van der Waals surface area contributed by atoms with Gasteiger partial charge in [-0.15, -0.1) is 0 Å². The van der Waals surface area contributed by atoms with Crippen molar-refractivity contribution >= 4 is 11.8 Å². The van der Waals surface area contributed by atoms with E-state index in [4.69, 9.17) is 19.5 Å². The Labute approximate surface area is 189 Å². The Morgan fingerprint density at radius 1 is 0.688 bits per heavy atom. The second-order valence-corrected chi connectivity index (χ2v) is 10.2. The zero-order valence-corrected chi connectivity index (χ0v) is 18.5. The van der Waals surface area contributed by atoms with Gasteiger partial charge < -0.3 is 9.47 Å². The van der Waals surface area contributed by atoms with Crippen LogP contribution in [0.2, 0.25) is 0 Å². The molecule has 164 valence electrons. The van der Waals surface area contributed by atoms with Crippen molar-refractivity contribution in [3.05, 3.63) is 70.8 Å². The standard InChI is InChI=1S/C28H30N2O2/c1-3-8-20-18(6-1)10-12-22(20)24-16-31-26(29-24)28(14-5-15-28)27-30-25(17-32-27)23-13-11-19-7-2-4-9-21(19)23/h1-4,6-9,22-25H,5,10-17H2/t22?,23?,24-,25-/m1/s1. The van der Waals surface area contributed by atoms with Gasteiger partial charge in [0, 0.05) is 11.8 Å². The molecule has 5 aliphatic rings. The van der Waals surface area contributed by atoms with Crippen LogP contribution < -0.4 is 0 Å². The largest absolute Gasteiger partial charge is 0.478 e. The first kappa shape index (κ1) is 18.9. The summed E-state index contributed by atoms with van der Waals surface area (Å²) in [5.74, 6) is 2.78. The first-order chi connectivity index (χ1) is 15.8. The van der Waals surface area contributed by atoms with Crippen molar-refractivity contribution in [2.24, 2.45) is 15.4 Å². The minimum Gasteiger partial charge on any atom is -0.478 e. The summed E-state index contributed by atoms with van der Waals surface area (Å²) in [4.78, 5) is 10.4. The highest BCUT2D eigenvalue weighted by Gasteiger charge is 2.54. The first-order valence-corrected chi connectivity index (χ1v) is 12.4. The fraction of sp³-hybridized carbons (Fsp3) is 0.500. The van der Waals surface area contributed by atoms with Gasteiger partial charge in [-0.2, -0.15) is 0 Å². The predicted molar refractivity (Wildman–Crippen MR) is 126 cm³/mol. The normalized spacial score (nSPS) is 31.8. The molecular formula is C28H30N2O2. The van der Waals surface area contributed by atoms with Crippen molar-refractivity contribution in [3.8, 4) is 0 Å². The minimum atomic E-state index is -0.209. The van der Waals surface area contributed by atoms with Crippen molar-refractivity contribution in [2.75, 3.05) is 13.2 Å². The van der Waals surface area contributed by atoms with Gasteiger partial charge in [0.15, 0.2) is 11.8 Å². The van der Waals surface area contributed by atoms with Gasteiger partial charge in [-0.1, -0.05) is 55.0 Å². The van der Waals surface area contributed by atoms with Crippen LogP contribution in [0.5, 0.6) is 0 Å². The molecule has 0 aromatic heterocycles. The zero-order chi connectivity index (χ0) is 21.1. The Bertz CT molecular complexity index is 1030. The van der Waals surface area contributed by atoms with E-state index in [1.54, 1.807) is 0 Å². The van der Waals surface area contributed by atoms with E-state index < -0.39 is 0 Å². The van der Waals surface area contributed by atoms with Gasteiger partial charge in [0.2, 0.25) is 0 Å². The van der Waals surface area contributed by atoms with Crippen LogP contribution in [0.25, 0.3) is 0 Å². The molecule has 4 atom stereocenters. The third-order valence-electron chi connectivity index (χ3n) is 8.66. The van der Waals surface area contributed by atoms with Gasteiger partial charge in [0.1, 0.15) is 18.6 Å². The van der Waals surface area contributed by atoms with Crippen LogP contribution in [0.4, 0.5) is 0 Å². The van der Waals surface area contributed by atoms with Crippen molar-refractivity contribution in [1.29, 1.82) is 0 Å². The molecule has 0 amide bonds. The molecule has 32 heavy (non-hydrogen) atoms. The van der Waals surface area contributed by atoms with Crippen LogP contribution in [0.1, 0.15) is 66.2 Å². The fourth-order valence-electron chi connectivity index (χ4n) is 6.74. The van der Waals surface area contributed by atoms with Crippen molar-refractivity contribution in [3.63, 3.8) is 0 Å². The lowest BCUT2D eigenvalue weighted by Gasteiger charge is -2.39. The number of aryl methyl sites for hydroxylation is 2. The van der Waals surface area contributed by atoms with E-state index in [0.717, 1.165) is 37.5 Å². The molecular weight excluding hydrogens is 396 g/mol. The van der Waals surface area contributed by atoms with Crippen molar-refractivity contribution < 1.29 is 9.47 Å². The third kappa shape index (κ3) is 2.74. The highest BCUT2D eigenvalue weighted by Crippen LogP contribution is 2.49. The number of hydrogen-bond donors (Lipinski definition) is 0. The van der Waals surface area contributed by atoms with E-state index in [0.29, 0.717) is 25.0 Å². The molecule has 2 aliphatic heterocycles. The molecule has 4 heteroatoms. The predicted octanol–water partition coefficient (Wildman–Crippen LogP) is 5.21. The summed E-state index contributed by atoms with van der Waals surface area (Å²) in [7, 11) is 0. The molecule has 1 fully saturated rings. The van der Waals surface area contributed by atoms with Gasteiger partial charge in [-0.3, -0.25) is 0 Å². The van der Waals surface area contributed by atoms with Gasteiger partial charge in [0.05, 0.1) is 12.1 Å². The van der Waals surface area contributed by atoms with E-state index in [9.17, 15) is 0 Å². The molecule has 0 N–H and O–H groups in total. The van der Waals surface area contributed by atoms with Gasteiger partial charge >= 0.3 is 0 Å². The smallest absolute Gasteiger partial charge is 0.199 e. The molecule has 4 nitrogen and oxygen atoms in total. The number of nitrogens with zero attached hydrogens (tertiary/aromatic N) is 2. The Balaban J connectivity index is 1.15. The maximum Gasteiger partial charge on any atom is 0.199 e. The number of aliphatic imine (C=N–C) groups is 2. The topological polar surface area (TPSA) is 43.2 Å². The maximum atomic E-state index is 6.32. The number of ether oxygens (including phenoxy) is 2. The van der Waals surface area contributed by atoms with E-state index >= 15 is 0 Å². The van der Waals surface area contributed by atoms with Crippen LogP contribution in [-0.4, -0.2) is 37.1 Å². The minimum absolute atomic E-state index is 0.209. The summed E-state index contributed by atoms with van der Waals surface area (Å²) in [6.45, 7) is 1.39. The molecule has 3 aliphatic carbocycles. The Kier molecular flexibility index (Phi) is 4.25. The van der Waals surface area contributed by atoms with Crippen molar-refractivity contribution in [2.45, 2.75) is 68.9 Å². The van der Waals surface area contributed by atoms with Gasteiger partial charge in [0.25, 0.3) is 0 Å². The first-order valence-electron chi connectivity index (χ1n) is 12.4. The van der Waals surface area contributed by atoms with E-state index in [-0.39, 0.29) is 17.5 Å².